The first kappa shape index (κ1) is 43.5. The number of ketones is 1. The Hall–Kier alpha value is -2.54. The number of carbonyl (C=O) groups excluding carboxylic acids is 4. The van der Waals surface area contributed by atoms with Gasteiger partial charge in [0.05, 0.1) is 18.0 Å². The van der Waals surface area contributed by atoms with Gasteiger partial charge in [0, 0.05) is 17.3 Å². The minimum atomic E-state index is -2.16. The van der Waals surface area contributed by atoms with Crippen LogP contribution in [0.4, 0.5) is 0 Å². The molecule has 326 valence electrons. The van der Waals surface area contributed by atoms with Crippen LogP contribution < -0.4 is 15.3 Å². The van der Waals surface area contributed by atoms with Crippen molar-refractivity contribution in [2.24, 2.45) is 50.2 Å². The Bertz CT molecular complexity index is 1730. The molecule has 4 saturated carbocycles. The molecule has 16 nitrogen and oxygen atoms in total. The Morgan fingerprint density at radius 2 is 1.29 bits per heavy atom. The second-order valence-electron chi connectivity index (χ2n) is 20.6. The molecule has 0 amide bonds. The zero-order valence-electron chi connectivity index (χ0n) is 34.3. The van der Waals surface area contributed by atoms with E-state index in [1.807, 2.05) is 19.9 Å². The van der Waals surface area contributed by atoms with Gasteiger partial charge in [-0.25, -0.2) is 0 Å². The molecule has 0 aromatic rings. The van der Waals surface area contributed by atoms with Crippen LogP contribution in [0.3, 0.4) is 0 Å². The molecule has 0 aromatic carbocycles. The Morgan fingerprint density at radius 1 is 0.707 bits per heavy atom. The number of aliphatic hydroxyl groups excluding tert-OH is 5. The number of allylic oxidation sites excluding steroid dienone is 2. The fraction of sp³-hybridized carbons (Fsp3) is 0.857. The second-order valence-corrected chi connectivity index (χ2v) is 20.6. The molecule has 0 radical (unpaired) electrons. The van der Waals surface area contributed by atoms with Gasteiger partial charge in [0.2, 0.25) is 0 Å². The van der Waals surface area contributed by atoms with Crippen molar-refractivity contribution in [2.75, 3.05) is 0 Å². The lowest BCUT2D eigenvalue weighted by Gasteiger charge is -2.70. The van der Waals surface area contributed by atoms with Crippen LogP contribution in [0.2, 0.25) is 0 Å². The van der Waals surface area contributed by atoms with E-state index < -0.39 is 107 Å². The minimum absolute atomic E-state index is 0.0357. The summed E-state index contributed by atoms with van der Waals surface area (Å²) >= 11 is 0. The summed E-state index contributed by atoms with van der Waals surface area (Å²) < 4.78 is 23.1. The number of hydrogen-bond acceptors (Lipinski definition) is 16. The number of rotatable bonds is 7. The molecular weight excluding hydrogens is 760 g/mol. The van der Waals surface area contributed by atoms with Crippen LogP contribution in [0.1, 0.15) is 106 Å². The molecule has 0 spiro atoms. The third kappa shape index (κ3) is 6.25. The first-order chi connectivity index (χ1) is 26.8. The van der Waals surface area contributed by atoms with Crippen LogP contribution in [0.25, 0.3) is 0 Å². The highest BCUT2D eigenvalue weighted by molar-refractivity contribution is 5.95. The number of carbonyl (C=O) groups is 4. The lowest BCUT2D eigenvalue weighted by molar-refractivity contribution is -0.391. The number of aliphatic carboxylic acids is 3. The summed E-state index contributed by atoms with van der Waals surface area (Å²) in [5, 5.41) is 89.2. The average Bonchev–Trinajstić information content (AvgIpc) is 3.13. The summed E-state index contributed by atoms with van der Waals surface area (Å²) in [4.78, 5) is 50.9. The lowest BCUT2D eigenvalue weighted by Crippen LogP contribution is -2.68. The molecule has 16 heteroatoms. The highest BCUT2D eigenvalue weighted by atomic mass is 16.8. The number of carboxylic acid groups (broad SMARTS) is 3. The fourth-order valence-electron chi connectivity index (χ4n) is 13.3. The van der Waals surface area contributed by atoms with Gasteiger partial charge in [-0.05, 0) is 103 Å². The van der Waals surface area contributed by atoms with Crippen LogP contribution >= 0.6 is 0 Å². The number of hydrogen-bond donors (Lipinski definition) is 5. The topological polar surface area (TPSA) is 276 Å². The molecule has 58 heavy (non-hydrogen) atoms. The number of fused-ring (bicyclic) bond motifs is 7. The molecule has 2 heterocycles. The van der Waals surface area contributed by atoms with Gasteiger partial charge in [-0.15, -0.1) is 0 Å². The van der Waals surface area contributed by atoms with Gasteiger partial charge in [0.1, 0.15) is 48.8 Å². The fourth-order valence-corrected chi connectivity index (χ4v) is 13.3. The Morgan fingerprint density at radius 3 is 1.90 bits per heavy atom. The van der Waals surface area contributed by atoms with Crippen molar-refractivity contribution in [3.8, 4) is 0 Å². The van der Waals surface area contributed by atoms with Crippen LogP contribution in [0.5, 0.6) is 0 Å². The molecule has 6 fully saturated rings. The zero-order chi connectivity index (χ0) is 42.9. The molecule has 0 aromatic heterocycles. The zero-order valence-corrected chi connectivity index (χ0v) is 34.3. The van der Waals surface area contributed by atoms with E-state index in [2.05, 4.69) is 27.7 Å². The third-order valence-corrected chi connectivity index (χ3v) is 17.2. The van der Waals surface area contributed by atoms with Crippen molar-refractivity contribution in [1.82, 2.24) is 0 Å². The predicted octanol–water partition coefficient (Wildman–Crippen LogP) is -1.76. The van der Waals surface area contributed by atoms with Gasteiger partial charge in [-0.3, -0.25) is 4.79 Å². The molecule has 0 bridgehead atoms. The summed E-state index contributed by atoms with van der Waals surface area (Å²) in [5.74, 6) is -5.37. The van der Waals surface area contributed by atoms with E-state index in [9.17, 15) is 60.0 Å². The predicted molar refractivity (Wildman–Crippen MR) is 192 cm³/mol. The van der Waals surface area contributed by atoms with Crippen LogP contribution in [-0.2, 0) is 38.1 Å². The third-order valence-electron chi connectivity index (χ3n) is 17.2. The van der Waals surface area contributed by atoms with Gasteiger partial charge < -0.3 is 74.2 Å². The Balaban J connectivity index is 1.17. The van der Waals surface area contributed by atoms with Gasteiger partial charge in [0.15, 0.2) is 18.4 Å². The number of ether oxygens (including phenoxy) is 4. The summed E-state index contributed by atoms with van der Waals surface area (Å²) in [6, 6.07) is 0. The van der Waals surface area contributed by atoms with Crippen LogP contribution in [0.15, 0.2) is 11.6 Å². The van der Waals surface area contributed by atoms with Gasteiger partial charge in [-0.1, -0.05) is 54.0 Å². The molecule has 7 aliphatic rings. The summed E-state index contributed by atoms with van der Waals surface area (Å²) in [6.45, 7) is 14.6. The van der Waals surface area contributed by atoms with E-state index in [-0.39, 0.29) is 34.4 Å². The van der Waals surface area contributed by atoms with E-state index in [1.54, 1.807) is 6.92 Å². The van der Waals surface area contributed by atoms with E-state index in [0.29, 0.717) is 38.5 Å². The summed E-state index contributed by atoms with van der Waals surface area (Å²) in [5.41, 5.74) is -2.11. The molecule has 7 rings (SSSR count). The standard InChI is InChI=1S/C42H62O16/c1-37(2)21-8-11-42(7)31(20(43)16-18-19-17-39(4,36(53)54)13-12-38(19,3)14-15-41(18,42)6)40(21,5)10-9-22(37)55-35-30(26(47)25(46)29(57-35)33(51)52)58-34-27(48)23(44)24(45)28(56-34)32(49)50/h16,19,21-31,34-35,44-48H,8-15,17H2,1-7H3,(H,49,50)(H,51,52)(H,53,54)/p-3/t19?,21?,22-,23-,24-,25-,26?,27+,28-,29-,30+,31?,34-,35+,38+,39-,40-,41+,42+/m0/s1. The van der Waals surface area contributed by atoms with Crippen molar-refractivity contribution in [3.63, 3.8) is 0 Å². The SMILES string of the molecule is CC1(C)C2CC[C@]3(C)C(C(=O)C=C4C5C[C@@](C)(C(=O)[O-])CC[C@]5(C)CC[C@]43C)[C@@]2(C)CC[C@@H]1O[C@@H]1O[C@H](C(=O)[O-])[C@@H](O)C(O)[C@H]1O[C@@H]1O[C@H](C(=O)[O-])[C@@H](O)[C@H](O)[C@H]1O. The van der Waals surface area contributed by atoms with Crippen molar-refractivity contribution in [1.29, 1.82) is 0 Å². The smallest absolute Gasteiger partial charge is 0.187 e. The maximum absolute atomic E-state index is 14.8. The largest absolute Gasteiger partial charge is 0.550 e. The highest BCUT2D eigenvalue weighted by Crippen LogP contribution is 2.75. The van der Waals surface area contributed by atoms with E-state index in [4.69, 9.17) is 18.9 Å². The molecule has 19 atom stereocenters. The average molecular weight is 820 g/mol. The monoisotopic (exact) mass is 819 g/mol. The van der Waals surface area contributed by atoms with E-state index in [1.165, 1.54) is 0 Å². The highest BCUT2D eigenvalue weighted by Gasteiger charge is 2.70. The van der Waals surface area contributed by atoms with Crippen molar-refractivity contribution >= 4 is 23.7 Å². The van der Waals surface area contributed by atoms with Gasteiger partial charge in [0.25, 0.3) is 0 Å². The first-order valence-corrected chi connectivity index (χ1v) is 20.7. The van der Waals surface area contributed by atoms with Gasteiger partial charge >= 0.3 is 0 Å². The van der Waals surface area contributed by atoms with E-state index >= 15 is 0 Å². The normalized spacial score (nSPS) is 52.6. The van der Waals surface area contributed by atoms with E-state index in [0.717, 1.165) is 24.8 Å². The maximum Gasteiger partial charge on any atom is 0.187 e. The van der Waals surface area contributed by atoms with Crippen molar-refractivity contribution in [2.45, 2.75) is 174 Å². The summed E-state index contributed by atoms with van der Waals surface area (Å²) in [6.07, 6.45) is -13.4. The second kappa shape index (κ2) is 14.3. The molecular formula is C42H59O16-3. The van der Waals surface area contributed by atoms with Crippen LogP contribution in [0, 0.1) is 50.2 Å². The van der Waals surface area contributed by atoms with Crippen molar-refractivity contribution < 1.29 is 79.0 Å². The molecule has 5 N–H and O–H groups in total. The van der Waals surface area contributed by atoms with Crippen molar-refractivity contribution in [3.05, 3.63) is 11.6 Å². The maximum atomic E-state index is 14.8. The van der Waals surface area contributed by atoms with Crippen LogP contribution in [-0.4, -0.2) is 117 Å². The molecule has 2 saturated heterocycles. The molecule has 2 aliphatic heterocycles. The number of carboxylic acids is 3. The number of aliphatic hydroxyl groups is 5. The quantitative estimate of drug-likeness (QED) is 0.178. The molecule has 5 aliphatic carbocycles. The molecule has 4 unspecified atom stereocenters. The minimum Gasteiger partial charge on any atom is -0.550 e. The lowest BCUT2D eigenvalue weighted by atomic mass is 9.33. The Kier molecular flexibility index (Phi) is 10.7. The summed E-state index contributed by atoms with van der Waals surface area (Å²) in [7, 11) is 0. The van der Waals surface area contributed by atoms with Gasteiger partial charge in [-0.2, -0.15) is 0 Å². The Labute approximate surface area is 337 Å². The first-order valence-electron chi connectivity index (χ1n) is 20.7.